The largest absolute Gasteiger partial charge is 0.497 e. The highest BCUT2D eigenvalue weighted by atomic mass is 16.5. The predicted octanol–water partition coefficient (Wildman–Crippen LogP) is 0.631. The number of nitrogens with two attached hydrogens (primary N) is 1. The van der Waals surface area contributed by atoms with Crippen molar-refractivity contribution in [3.63, 3.8) is 0 Å². The highest BCUT2D eigenvalue weighted by Crippen LogP contribution is 2.20. The van der Waals surface area contributed by atoms with Crippen LogP contribution in [0.2, 0.25) is 0 Å². The van der Waals surface area contributed by atoms with Gasteiger partial charge in [0.15, 0.2) is 5.69 Å². The standard InChI is InChI=1S/C12H15N3O3/c1-17-8-4-6-15-9(7-8)11(12(16)18-2)14-10(15)3-5-13/h4,6-7H,3,5,13H2,1-2H3. The first-order valence-corrected chi connectivity index (χ1v) is 5.54. The minimum Gasteiger partial charge on any atom is -0.497 e. The van der Waals surface area contributed by atoms with Crippen molar-refractivity contribution >= 4 is 11.5 Å². The fraction of sp³-hybridized carbons (Fsp3) is 0.333. The van der Waals surface area contributed by atoms with Gasteiger partial charge in [-0.3, -0.25) is 0 Å². The number of hydrogen-bond acceptors (Lipinski definition) is 5. The van der Waals surface area contributed by atoms with E-state index in [0.29, 0.717) is 24.2 Å². The van der Waals surface area contributed by atoms with Crippen molar-refractivity contribution in [2.75, 3.05) is 20.8 Å². The molecular weight excluding hydrogens is 234 g/mol. The van der Waals surface area contributed by atoms with Gasteiger partial charge in [-0.1, -0.05) is 0 Å². The maximum atomic E-state index is 11.7. The van der Waals surface area contributed by atoms with Crippen LogP contribution in [0.1, 0.15) is 16.3 Å². The zero-order valence-electron chi connectivity index (χ0n) is 10.3. The summed E-state index contributed by atoms with van der Waals surface area (Å²) < 4.78 is 11.7. The molecule has 0 aliphatic rings. The smallest absolute Gasteiger partial charge is 0.358 e. The van der Waals surface area contributed by atoms with Gasteiger partial charge in [0.05, 0.1) is 19.7 Å². The van der Waals surface area contributed by atoms with E-state index in [9.17, 15) is 4.79 Å². The quantitative estimate of drug-likeness (QED) is 0.804. The van der Waals surface area contributed by atoms with E-state index in [-0.39, 0.29) is 5.69 Å². The Kier molecular flexibility index (Phi) is 3.47. The lowest BCUT2D eigenvalue weighted by Crippen LogP contribution is -2.06. The minimum atomic E-state index is -0.468. The van der Waals surface area contributed by atoms with Crippen LogP contribution in [0.4, 0.5) is 0 Å². The second-order valence-electron chi connectivity index (χ2n) is 3.73. The zero-order valence-corrected chi connectivity index (χ0v) is 10.3. The maximum Gasteiger partial charge on any atom is 0.358 e. The summed E-state index contributed by atoms with van der Waals surface area (Å²) in [6.07, 6.45) is 2.39. The highest BCUT2D eigenvalue weighted by molar-refractivity contribution is 5.95. The Labute approximate surface area is 104 Å². The van der Waals surface area contributed by atoms with Crippen molar-refractivity contribution in [2.45, 2.75) is 6.42 Å². The average molecular weight is 249 g/mol. The molecule has 18 heavy (non-hydrogen) atoms. The average Bonchev–Trinajstić information content (AvgIpc) is 2.76. The van der Waals surface area contributed by atoms with Crippen molar-refractivity contribution in [1.82, 2.24) is 9.38 Å². The summed E-state index contributed by atoms with van der Waals surface area (Å²) in [5.74, 6) is 0.923. The number of carbonyl (C=O) groups is 1. The summed E-state index contributed by atoms with van der Waals surface area (Å²) in [4.78, 5) is 16.0. The van der Waals surface area contributed by atoms with Gasteiger partial charge < -0.3 is 19.6 Å². The zero-order chi connectivity index (χ0) is 13.1. The number of imidazole rings is 1. The Morgan fingerprint density at radius 1 is 1.50 bits per heavy atom. The van der Waals surface area contributed by atoms with E-state index in [1.165, 1.54) is 7.11 Å². The Hall–Kier alpha value is -2.08. The van der Waals surface area contributed by atoms with Crippen LogP contribution in [0.25, 0.3) is 5.52 Å². The van der Waals surface area contributed by atoms with Gasteiger partial charge >= 0.3 is 5.97 Å². The van der Waals surface area contributed by atoms with Crippen LogP contribution in [0.5, 0.6) is 5.75 Å². The highest BCUT2D eigenvalue weighted by Gasteiger charge is 2.18. The Morgan fingerprint density at radius 3 is 2.89 bits per heavy atom. The van der Waals surface area contributed by atoms with E-state index in [1.54, 1.807) is 25.4 Å². The lowest BCUT2D eigenvalue weighted by molar-refractivity contribution is 0.0597. The molecule has 2 aromatic heterocycles. The summed E-state index contributed by atoms with van der Waals surface area (Å²) in [7, 11) is 2.90. The molecule has 0 aliphatic carbocycles. The van der Waals surface area contributed by atoms with Gasteiger partial charge in [-0.25, -0.2) is 9.78 Å². The number of ether oxygens (including phenoxy) is 2. The van der Waals surface area contributed by atoms with E-state index in [4.69, 9.17) is 15.2 Å². The Morgan fingerprint density at radius 2 is 2.28 bits per heavy atom. The molecule has 0 radical (unpaired) electrons. The molecule has 0 spiro atoms. The molecule has 2 N–H and O–H groups in total. The van der Waals surface area contributed by atoms with E-state index >= 15 is 0 Å². The van der Waals surface area contributed by atoms with E-state index in [1.807, 2.05) is 4.40 Å². The summed E-state index contributed by atoms with van der Waals surface area (Å²) in [5.41, 5.74) is 6.47. The molecule has 2 heterocycles. The molecule has 0 bridgehead atoms. The van der Waals surface area contributed by atoms with Gasteiger partial charge in [0.25, 0.3) is 0 Å². The van der Waals surface area contributed by atoms with Crippen molar-refractivity contribution in [3.8, 4) is 5.75 Å². The summed E-state index contributed by atoms with van der Waals surface area (Å²) >= 11 is 0. The van der Waals surface area contributed by atoms with Crippen molar-refractivity contribution in [2.24, 2.45) is 5.73 Å². The van der Waals surface area contributed by atoms with Gasteiger partial charge in [-0.15, -0.1) is 0 Å². The van der Waals surface area contributed by atoms with Crippen LogP contribution in [0.15, 0.2) is 18.3 Å². The molecular formula is C12H15N3O3. The summed E-state index contributed by atoms with van der Waals surface area (Å²) in [5, 5.41) is 0. The number of nitrogens with zero attached hydrogens (tertiary/aromatic N) is 2. The molecule has 0 unspecified atom stereocenters. The second kappa shape index (κ2) is 5.05. The molecule has 0 amide bonds. The van der Waals surface area contributed by atoms with Gasteiger partial charge in [0.1, 0.15) is 11.6 Å². The molecule has 6 nitrogen and oxygen atoms in total. The molecule has 0 saturated carbocycles. The van der Waals surface area contributed by atoms with Gasteiger partial charge in [-0.2, -0.15) is 0 Å². The normalized spacial score (nSPS) is 10.6. The SMILES string of the molecule is COC(=O)c1nc(CCN)n2ccc(OC)cc12. The lowest BCUT2D eigenvalue weighted by atomic mass is 10.3. The number of fused-ring (bicyclic) bond motifs is 1. The van der Waals surface area contributed by atoms with Crippen LogP contribution in [0.3, 0.4) is 0 Å². The number of esters is 1. The van der Waals surface area contributed by atoms with E-state index < -0.39 is 5.97 Å². The monoisotopic (exact) mass is 249 g/mol. The molecule has 2 aromatic rings. The first-order valence-electron chi connectivity index (χ1n) is 5.54. The van der Waals surface area contributed by atoms with Crippen LogP contribution in [0, 0.1) is 0 Å². The number of rotatable bonds is 4. The number of hydrogen-bond donors (Lipinski definition) is 1. The lowest BCUT2D eigenvalue weighted by Gasteiger charge is -2.02. The van der Waals surface area contributed by atoms with Crippen molar-refractivity contribution < 1.29 is 14.3 Å². The first kappa shape index (κ1) is 12.4. The molecule has 0 aliphatic heterocycles. The predicted molar refractivity (Wildman–Crippen MR) is 65.8 cm³/mol. The van der Waals surface area contributed by atoms with E-state index in [2.05, 4.69) is 4.98 Å². The Balaban J connectivity index is 2.64. The third-order valence-electron chi connectivity index (χ3n) is 2.67. The number of pyridine rings is 1. The summed E-state index contributed by atoms with van der Waals surface area (Å²) in [6.45, 7) is 0.464. The van der Waals surface area contributed by atoms with Gasteiger partial charge in [0, 0.05) is 18.7 Å². The number of carbonyl (C=O) groups excluding carboxylic acids is 1. The van der Waals surface area contributed by atoms with Crippen LogP contribution >= 0.6 is 0 Å². The third kappa shape index (κ3) is 2.02. The molecule has 6 heteroatoms. The van der Waals surface area contributed by atoms with Gasteiger partial charge in [-0.05, 0) is 12.6 Å². The number of methoxy groups -OCH3 is 2. The molecule has 96 valence electrons. The van der Waals surface area contributed by atoms with Crippen molar-refractivity contribution in [1.29, 1.82) is 0 Å². The fourth-order valence-electron chi connectivity index (χ4n) is 1.81. The fourth-order valence-corrected chi connectivity index (χ4v) is 1.81. The molecule has 0 atom stereocenters. The summed E-state index contributed by atoms with van der Waals surface area (Å²) in [6, 6.07) is 3.55. The third-order valence-corrected chi connectivity index (χ3v) is 2.67. The van der Waals surface area contributed by atoms with Crippen LogP contribution in [-0.2, 0) is 11.2 Å². The maximum absolute atomic E-state index is 11.7. The van der Waals surface area contributed by atoms with Crippen molar-refractivity contribution in [3.05, 3.63) is 29.8 Å². The molecule has 0 saturated heterocycles. The van der Waals surface area contributed by atoms with E-state index in [0.717, 1.165) is 5.82 Å². The second-order valence-corrected chi connectivity index (χ2v) is 3.73. The van der Waals surface area contributed by atoms with Crippen LogP contribution in [-0.4, -0.2) is 36.1 Å². The molecule has 2 rings (SSSR count). The minimum absolute atomic E-state index is 0.278. The molecule has 0 aromatic carbocycles. The van der Waals surface area contributed by atoms with Gasteiger partial charge in [0.2, 0.25) is 0 Å². The molecule has 0 fully saturated rings. The first-order chi connectivity index (χ1) is 8.71. The number of aromatic nitrogens is 2. The Bertz CT molecular complexity index is 577. The van der Waals surface area contributed by atoms with Crippen LogP contribution < -0.4 is 10.5 Å². The topological polar surface area (TPSA) is 78.8 Å².